The van der Waals surface area contributed by atoms with Crippen molar-refractivity contribution in [2.45, 2.75) is 30.2 Å². The Hall–Kier alpha value is -0.890. The van der Waals surface area contributed by atoms with Crippen LogP contribution in [0.15, 0.2) is 16.5 Å². The van der Waals surface area contributed by atoms with Crippen LogP contribution in [0.2, 0.25) is 0 Å². The molecule has 2 rings (SSSR count). The maximum Gasteiger partial charge on any atom is 0.239 e. The summed E-state index contributed by atoms with van der Waals surface area (Å²) in [5.41, 5.74) is 2.46. The molecule has 0 amide bonds. The van der Waals surface area contributed by atoms with Gasteiger partial charge in [0.15, 0.2) is 0 Å². The Morgan fingerprint density at radius 2 is 2.24 bits per heavy atom. The molecule has 92 valence electrons. The highest BCUT2D eigenvalue weighted by Crippen LogP contribution is 2.32. The maximum absolute atomic E-state index is 9.53. The summed E-state index contributed by atoms with van der Waals surface area (Å²) in [5, 5.41) is 13.4. The van der Waals surface area contributed by atoms with Crippen molar-refractivity contribution < 1.29 is 5.11 Å². The van der Waals surface area contributed by atoms with Crippen LogP contribution in [0.3, 0.4) is 0 Å². The van der Waals surface area contributed by atoms with Gasteiger partial charge in [-0.1, -0.05) is 18.7 Å². The number of nitrogens with two attached hydrogens (primary N) is 1. The van der Waals surface area contributed by atoms with Gasteiger partial charge < -0.3 is 5.11 Å². The molecule has 0 aliphatic rings. The van der Waals surface area contributed by atoms with E-state index >= 15 is 0 Å². The average Bonchev–Trinajstić information content (AvgIpc) is 2.76. The Labute approximate surface area is 107 Å². The highest BCUT2D eigenvalue weighted by molar-refractivity contribution is 8.00. The van der Waals surface area contributed by atoms with Crippen LogP contribution >= 0.6 is 23.1 Å². The van der Waals surface area contributed by atoms with Gasteiger partial charge in [-0.2, -0.15) is 0 Å². The Morgan fingerprint density at radius 1 is 1.47 bits per heavy atom. The van der Waals surface area contributed by atoms with E-state index in [2.05, 4.69) is 15.4 Å². The minimum atomic E-state index is -0.391. The third kappa shape index (κ3) is 2.68. The van der Waals surface area contributed by atoms with Crippen molar-refractivity contribution in [1.29, 1.82) is 0 Å². The van der Waals surface area contributed by atoms with Crippen LogP contribution in [0.1, 0.15) is 13.8 Å². The minimum absolute atomic E-state index is 0.0682. The molecular weight excluding hydrogens is 256 g/mol. The Balaban J connectivity index is 2.40. The van der Waals surface area contributed by atoms with Crippen molar-refractivity contribution in [3.8, 4) is 0 Å². The van der Waals surface area contributed by atoms with E-state index in [4.69, 9.17) is 5.84 Å². The molecule has 7 heteroatoms. The number of aromatic nitrogens is 2. The predicted octanol–water partition coefficient (Wildman–Crippen LogP) is 1.84. The topological polar surface area (TPSA) is 84.1 Å². The van der Waals surface area contributed by atoms with Gasteiger partial charge in [-0.15, -0.1) is 11.3 Å². The smallest absolute Gasteiger partial charge is 0.239 e. The fourth-order valence-corrected chi connectivity index (χ4v) is 3.07. The lowest BCUT2D eigenvalue weighted by Crippen LogP contribution is -2.16. The highest BCUT2D eigenvalue weighted by atomic mass is 32.2. The maximum atomic E-state index is 9.53. The van der Waals surface area contributed by atoms with Gasteiger partial charge in [-0.3, -0.25) is 5.43 Å². The molecule has 4 N–H and O–H groups in total. The van der Waals surface area contributed by atoms with Gasteiger partial charge in [0.25, 0.3) is 0 Å². The van der Waals surface area contributed by atoms with Crippen LogP contribution in [0.4, 0.5) is 5.95 Å². The first-order valence-electron chi connectivity index (χ1n) is 5.18. The molecule has 0 fully saturated rings. The van der Waals surface area contributed by atoms with E-state index < -0.39 is 6.10 Å². The first-order chi connectivity index (χ1) is 8.11. The van der Waals surface area contributed by atoms with Crippen LogP contribution in [0.5, 0.6) is 0 Å². The quantitative estimate of drug-likeness (QED) is 0.340. The number of nitrogen functional groups attached to an aromatic ring is 1. The number of nitrogens with one attached hydrogen (secondary N) is 1. The summed E-state index contributed by atoms with van der Waals surface area (Å²) in [7, 11) is 0. The van der Waals surface area contributed by atoms with Gasteiger partial charge in [0.2, 0.25) is 5.95 Å². The molecule has 0 spiro atoms. The number of hydrogen-bond donors (Lipinski definition) is 3. The number of aliphatic hydroxyl groups is 1. The van der Waals surface area contributed by atoms with Crippen LogP contribution in [-0.4, -0.2) is 26.4 Å². The second-order valence-electron chi connectivity index (χ2n) is 3.70. The zero-order valence-corrected chi connectivity index (χ0v) is 11.2. The van der Waals surface area contributed by atoms with Crippen LogP contribution in [-0.2, 0) is 0 Å². The van der Waals surface area contributed by atoms with E-state index in [1.807, 2.05) is 18.4 Å². The van der Waals surface area contributed by atoms with E-state index in [9.17, 15) is 5.11 Å². The molecule has 0 aromatic carbocycles. The monoisotopic (exact) mass is 270 g/mol. The van der Waals surface area contributed by atoms with Gasteiger partial charge >= 0.3 is 0 Å². The lowest BCUT2D eigenvalue weighted by molar-refractivity contribution is 0.196. The van der Waals surface area contributed by atoms with E-state index in [-0.39, 0.29) is 5.25 Å². The Morgan fingerprint density at radius 3 is 2.88 bits per heavy atom. The summed E-state index contributed by atoms with van der Waals surface area (Å²) in [4.78, 5) is 9.48. The molecule has 0 radical (unpaired) electrons. The van der Waals surface area contributed by atoms with Crippen molar-refractivity contribution in [2.75, 3.05) is 5.43 Å². The van der Waals surface area contributed by atoms with Crippen molar-refractivity contribution in [3.05, 3.63) is 11.4 Å². The molecule has 2 heterocycles. The summed E-state index contributed by atoms with van der Waals surface area (Å²) in [6, 6.07) is 1.98. The van der Waals surface area contributed by atoms with Crippen molar-refractivity contribution in [3.63, 3.8) is 0 Å². The third-order valence-electron chi connectivity index (χ3n) is 2.40. The largest absolute Gasteiger partial charge is 0.392 e. The van der Waals surface area contributed by atoms with E-state index in [1.165, 1.54) is 11.8 Å². The molecule has 0 saturated carbocycles. The number of anilines is 1. The zero-order chi connectivity index (χ0) is 12.4. The average molecular weight is 270 g/mol. The van der Waals surface area contributed by atoms with Gasteiger partial charge in [0.05, 0.1) is 6.10 Å². The number of hydrogen-bond acceptors (Lipinski definition) is 7. The summed E-state index contributed by atoms with van der Waals surface area (Å²) in [5.74, 6) is 5.74. The van der Waals surface area contributed by atoms with Crippen molar-refractivity contribution >= 4 is 39.3 Å². The number of fused-ring (bicyclic) bond motifs is 1. The summed E-state index contributed by atoms with van der Waals surface area (Å²) in [6.45, 7) is 3.73. The zero-order valence-electron chi connectivity index (χ0n) is 9.54. The van der Waals surface area contributed by atoms with Gasteiger partial charge in [-0.05, 0) is 18.4 Å². The first-order valence-corrected chi connectivity index (χ1v) is 6.94. The minimum Gasteiger partial charge on any atom is -0.392 e. The molecule has 17 heavy (non-hydrogen) atoms. The Kier molecular flexibility index (Phi) is 3.82. The molecule has 0 aliphatic heterocycles. The van der Waals surface area contributed by atoms with E-state index in [1.54, 1.807) is 18.3 Å². The fourth-order valence-electron chi connectivity index (χ4n) is 1.26. The van der Waals surface area contributed by atoms with Crippen LogP contribution in [0, 0.1) is 0 Å². The van der Waals surface area contributed by atoms with Crippen molar-refractivity contribution in [1.82, 2.24) is 9.97 Å². The van der Waals surface area contributed by atoms with E-state index in [0.29, 0.717) is 5.95 Å². The van der Waals surface area contributed by atoms with Gasteiger partial charge in [0.1, 0.15) is 9.86 Å². The number of rotatable bonds is 4. The number of thiophene rings is 1. The molecule has 0 aliphatic carbocycles. The van der Waals surface area contributed by atoms with Crippen LogP contribution < -0.4 is 11.3 Å². The Bertz CT molecular complexity index is 514. The van der Waals surface area contributed by atoms with Gasteiger partial charge in [-0.25, -0.2) is 15.8 Å². The molecule has 2 aromatic rings. The number of thioether (sulfide) groups is 1. The predicted molar refractivity (Wildman–Crippen MR) is 72.2 cm³/mol. The third-order valence-corrected chi connectivity index (χ3v) is 4.50. The standard InChI is InChI=1S/C10H14N4OS2/c1-5(15)6(2)17-9-7-3-4-16-8(7)12-10(13-9)14-11/h3-6,15H,11H2,1-2H3,(H,12,13,14). The molecule has 2 aromatic heterocycles. The first kappa shape index (κ1) is 12.6. The molecule has 2 unspecified atom stereocenters. The van der Waals surface area contributed by atoms with Crippen LogP contribution in [0.25, 0.3) is 10.2 Å². The molecule has 5 nitrogen and oxygen atoms in total. The highest BCUT2D eigenvalue weighted by Gasteiger charge is 2.15. The second kappa shape index (κ2) is 5.18. The fraction of sp³-hybridized carbons (Fsp3) is 0.400. The molecular formula is C10H14N4OS2. The summed E-state index contributed by atoms with van der Waals surface area (Å²) >= 11 is 3.07. The van der Waals surface area contributed by atoms with Gasteiger partial charge in [0, 0.05) is 10.6 Å². The molecule has 0 bridgehead atoms. The summed E-state index contributed by atoms with van der Waals surface area (Å²) < 4.78 is 0. The summed E-state index contributed by atoms with van der Waals surface area (Å²) in [6.07, 6.45) is -0.391. The molecule has 2 atom stereocenters. The number of hydrazine groups is 1. The lowest BCUT2D eigenvalue weighted by Gasteiger charge is -2.14. The lowest BCUT2D eigenvalue weighted by atomic mass is 10.3. The second-order valence-corrected chi connectivity index (χ2v) is 5.96. The van der Waals surface area contributed by atoms with Crippen molar-refractivity contribution in [2.24, 2.45) is 5.84 Å². The normalized spacial score (nSPS) is 14.8. The number of nitrogens with zero attached hydrogens (tertiary/aromatic N) is 2. The molecule has 0 saturated heterocycles. The van der Waals surface area contributed by atoms with E-state index in [0.717, 1.165) is 15.2 Å². The SMILES string of the molecule is CC(O)C(C)Sc1nc(NN)nc2sccc12. The number of aliphatic hydroxyl groups excluding tert-OH is 1.